The summed E-state index contributed by atoms with van der Waals surface area (Å²) in [6.45, 7) is -1.09. The predicted octanol–water partition coefficient (Wildman–Crippen LogP) is -2.36. The molecule has 0 aliphatic heterocycles. The van der Waals surface area contributed by atoms with Gasteiger partial charge in [0.1, 0.15) is 24.7 Å². The van der Waals surface area contributed by atoms with Crippen molar-refractivity contribution in [3.63, 3.8) is 0 Å². The highest BCUT2D eigenvalue weighted by molar-refractivity contribution is 5.95. The second kappa shape index (κ2) is 20.1. The molecule has 0 saturated carbocycles. The molecule has 0 bridgehead atoms. The molecule has 0 saturated heterocycles. The third kappa shape index (κ3) is 12.9. The maximum absolute atomic E-state index is 13.3. The number of carbonyl (C=O) groups is 6. The number of aromatic nitrogens is 1. The number of aliphatic hydroxyl groups excluding tert-OH is 1. The second-order valence-corrected chi connectivity index (χ2v) is 10.2. The zero-order chi connectivity index (χ0) is 33.9. The zero-order valence-corrected chi connectivity index (χ0v) is 25.3. The molecule has 16 nitrogen and oxygen atoms in total. The van der Waals surface area contributed by atoms with E-state index in [-0.39, 0.29) is 51.5 Å². The summed E-state index contributed by atoms with van der Waals surface area (Å²) >= 11 is 0. The van der Waals surface area contributed by atoms with Crippen LogP contribution in [0.15, 0.2) is 30.5 Å². The number of hydrogen-bond acceptors (Lipinski definition) is 9. The average Bonchev–Trinajstić information content (AvgIpc) is 3.45. The number of hydrogen-bond donors (Lipinski definition) is 9. The molecule has 0 aliphatic carbocycles. The summed E-state index contributed by atoms with van der Waals surface area (Å²) in [5.74, 6) is -2.34. The maximum atomic E-state index is 13.3. The van der Waals surface area contributed by atoms with E-state index in [1.54, 1.807) is 12.3 Å². The molecule has 46 heavy (non-hydrogen) atoms. The van der Waals surface area contributed by atoms with E-state index in [2.05, 4.69) is 37.5 Å². The van der Waals surface area contributed by atoms with Gasteiger partial charge in [0.25, 0.3) is 0 Å². The molecule has 1 aromatic heterocycles. The SMILES string of the molecule is C#CCOCCC(=O)NCCCCC(NC(=O)C(CO)NC(=O)C(Cc1c[nH]c2ccccc12)NC(=O)CNC(=O)CN)C(=O)O. The number of nitrogens with two attached hydrogens (primary N) is 1. The van der Waals surface area contributed by atoms with Crippen LogP contribution in [0, 0.1) is 12.3 Å². The number of aromatic amines is 1. The Morgan fingerprint density at radius 2 is 1.65 bits per heavy atom. The van der Waals surface area contributed by atoms with Gasteiger partial charge >= 0.3 is 5.97 Å². The minimum Gasteiger partial charge on any atom is -0.480 e. The molecule has 2 aromatic rings. The van der Waals surface area contributed by atoms with Crippen molar-refractivity contribution in [2.45, 2.75) is 50.2 Å². The largest absolute Gasteiger partial charge is 0.480 e. The van der Waals surface area contributed by atoms with Gasteiger partial charge in [-0.1, -0.05) is 24.1 Å². The van der Waals surface area contributed by atoms with Crippen LogP contribution in [0.25, 0.3) is 10.9 Å². The van der Waals surface area contributed by atoms with Crippen molar-refractivity contribution < 1.29 is 43.7 Å². The highest BCUT2D eigenvalue weighted by Crippen LogP contribution is 2.19. The van der Waals surface area contributed by atoms with Crippen LogP contribution in [0.2, 0.25) is 0 Å². The smallest absolute Gasteiger partial charge is 0.326 e. The Kier molecular flexibility index (Phi) is 16.3. The summed E-state index contributed by atoms with van der Waals surface area (Å²) in [5.41, 5.74) is 6.71. The van der Waals surface area contributed by atoms with E-state index >= 15 is 0 Å². The molecule has 1 heterocycles. The van der Waals surface area contributed by atoms with Gasteiger partial charge in [0.2, 0.25) is 29.5 Å². The minimum absolute atomic E-state index is 0.0155. The van der Waals surface area contributed by atoms with E-state index in [9.17, 15) is 39.0 Å². The van der Waals surface area contributed by atoms with Gasteiger partial charge in [0.05, 0.1) is 32.7 Å². The number of carboxylic acids is 1. The monoisotopic (exact) mass is 643 g/mol. The predicted molar refractivity (Wildman–Crippen MR) is 166 cm³/mol. The lowest BCUT2D eigenvalue weighted by atomic mass is 10.0. The summed E-state index contributed by atoms with van der Waals surface area (Å²) in [5, 5.41) is 32.5. The van der Waals surface area contributed by atoms with E-state index in [4.69, 9.17) is 16.9 Å². The Morgan fingerprint density at radius 3 is 2.35 bits per heavy atom. The average molecular weight is 644 g/mol. The molecule has 5 amide bonds. The molecule has 2 rings (SSSR count). The lowest BCUT2D eigenvalue weighted by Gasteiger charge is -2.23. The van der Waals surface area contributed by atoms with Crippen LogP contribution in [0.1, 0.15) is 31.2 Å². The number of carboxylic acid groups (broad SMARTS) is 1. The molecule has 0 radical (unpaired) electrons. The summed E-state index contributed by atoms with van der Waals surface area (Å²) in [4.78, 5) is 76.9. The van der Waals surface area contributed by atoms with Crippen LogP contribution in [-0.4, -0.2) is 108 Å². The first kappa shape index (κ1) is 37.2. The molecule has 10 N–H and O–H groups in total. The fourth-order valence-electron chi connectivity index (χ4n) is 4.31. The molecule has 3 unspecified atom stereocenters. The Morgan fingerprint density at radius 1 is 0.935 bits per heavy atom. The van der Waals surface area contributed by atoms with Crippen molar-refractivity contribution in [3.05, 3.63) is 36.0 Å². The Bertz CT molecular complexity index is 1390. The lowest BCUT2D eigenvalue weighted by Crippen LogP contribution is -2.58. The number of fused-ring (bicyclic) bond motifs is 1. The number of ether oxygens (including phenoxy) is 1. The zero-order valence-electron chi connectivity index (χ0n) is 25.3. The molecule has 0 fully saturated rings. The van der Waals surface area contributed by atoms with Crippen LogP contribution in [0.4, 0.5) is 0 Å². The molecule has 0 spiro atoms. The first-order chi connectivity index (χ1) is 22.1. The summed E-state index contributed by atoms with van der Waals surface area (Å²) in [7, 11) is 0. The van der Waals surface area contributed by atoms with E-state index in [0.717, 1.165) is 10.9 Å². The number of carbonyl (C=O) groups excluding carboxylic acids is 5. The molecule has 1 aromatic carbocycles. The number of unbranched alkanes of at least 4 members (excludes halogenated alkanes) is 1. The van der Waals surface area contributed by atoms with Crippen molar-refractivity contribution in [1.29, 1.82) is 0 Å². The molecular weight excluding hydrogens is 602 g/mol. The lowest BCUT2D eigenvalue weighted by molar-refractivity contribution is -0.142. The van der Waals surface area contributed by atoms with Gasteiger partial charge in [-0.05, 0) is 30.9 Å². The third-order valence-corrected chi connectivity index (χ3v) is 6.71. The maximum Gasteiger partial charge on any atom is 0.326 e. The van der Waals surface area contributed by atoms with E-state index in [1.807, 2.05) is 18.2 Å². The normalized spacial score (nSPS) is 12.6. The van der Waals surface area contributed by atoms with Gasteiger partial charge in [-0.3, -0.25) is 24.0 Å². The number of benzene rings is 1. The number of rotatable bonds is 21. The molecular formula is C30H41N7O9. The van der Waals surface area contributed by atoms with Crippen LogP contribution < -0.4 is 32.3 Å². The minimum atomic E-state index is -1.54. The molecule has 3 atom stereocenters. The van der Waals surface area contributed by atoms with Gasteiger partial charge < -0.3 is 52.3 Å². The fraction of sp³-hybridized carbons (Fsp3) is 0.467. The summed E-state index contributed by atoms with van der Waals surface area (Å²) in [6, 6.07) is 3.16. The van der Waals surface area contributed by atoms with Gasteiger partial charge in [-0.2, -0.15) is 0 Å². The molecule has 16 heteroatoms. The summed E-state index contributed by atoms with van der Waals surface area (Å²) in [6.07, 6.45) is 7.62. The second-order valence-electron chi connectivity index (χ2n) is 10.2. The number of terminal acetylenes is 1. The number of para-hydroxylation sites is 1. The number of H-pyrrole nitrogens is 1. The van der Waals surface area contributed by atoms with Gasteiger partial charge in [-0.15, -0.1) is 6.42 Å². The van der Waals surface area contributed by atoms with E-state index in [0.29, 0.717) is 18.4 Å². The standard InChI is InChI=1S/C30H41N7O9/c1-2-12-46-13-10-25(39)32-11-6-5-9-22(30(44)45)36-29(43)24(18-38)37-28(42)23(35-27(41)17-34-26(40)15-31)14-19-16-33-21-8-4-3-7-20(19)21/h1,3-4,7-8,16,22-24,33,38H,5-6,9-15,17-18,31H2,(H,32,39)(H,34,40)(H,35,41)(H,36,43)(H,37,42)(H,44,45). The van der Waals surface area contributed by atoms with Crippen molar-refractivity contribution in [1.82, 2.24) is 31.6 Å². The van der Waals surface area contributed by atoms with Gasteiger partial charge in [0.15, 0.2) is 0 Å². The van der Waals surface area contributed by atoms with Crippen LogP contribution in [0.3, 0.4) is 0 Å². The van der Waals surface area contributed by atoms with Crippen LogP contribution in [-0.2, 0) is 39.9 Å². The van der Waals surface area contributed by atoms with Gasteiger partial charge in [0, 0.05) is 30.1 Å². The fourth-order valence-corrected chi connectivity index (χ4v) is 4.31. The third-order valence-electron chi connectivity index (χ3n) is 6.71. The van der Waals surface area contributed by atoms with Crippen LogP contribution in [0.5, 0.6) is 0 Å². The highest BCUT2D eigenvalue weighted by Gasteiger charge is 2.30. The van der Waals surface area contributed by atoms with E-state index in [1.165, 1.54) is 0 Å². The number of aliphatic hydroxyl groups is 1. The Balaban J connectivity index is 1.99. The molecule has 250 valence electrons. The van der Waals surface area contributed by atoms with Gasteiger partial charge in [-0.25, -0.2) is 4.79 Å². The number of aliphatic carboxylic acids is 1. The Labute approximate surface area is 265 Å². The van der Waals surface area contributed by atoms with Crippen molar-refractivity contribution in [2.24, 2.45) is 5.73 Å². The quantitative estimate of drug-likeness (QED) is 0.0517. The highest BCUT2D eigenvalue weighted by atomic mass is 16.5. The number of nitrogens with one attached hydrogen (secondary N) is 6. The van der Waals surface area contributed by atoms with E-state index < -0.39 is 60.9 Å². The summed E-state index contributed by atoms with van der Waals surface area (Å²) < 4.78 is 5.03. The topological polar surface area (TPSA) is 254 Å². The molecule has 0 aliphatic rings. The Hall–Kier alpha value is -4.98. The number of amides is 5. The van der Waals surface area contributed by atoms with Crippen LogP contribution >= 0.6 is 0 Å². The van der Waals surface area contributed by atoms with Crippen molar-refractivity contribution in [2.75, 3.05) is 39.5 Å². The first-order valence-electron chi connectivity index (χ1n) is 14.6. The van der Waals surface area contributed by atoms with Crippen molar-refractivity contribution in [3.8, 4) is 12.3 Å². The van der Waals surface area contributed by atoms with Crippen molar-refractivity contribution >= 4 is 46.4 Å². The first-order valence-corrected chi connectivity index (χ1v) is 14.6.